The minimum Gasteiger partial charge on any atom is -0.443 e. The maximum Gasteiger partial charge on any atom is 0.359 e. The second-order valence-electron chi connectivity index (χ2n) is 6.13. The summed E-state index contributed by atoms with van der Waals surface area (Å²) in [6.07, 6.45) is 0. The smallest absolute Gasteiger partial charge is 0.359 e. The summed E-state index contributed by atoms with van der Waals surface area (Å²) in [5.41, 5.74) is 4.87. The van der Waals surface area contributed by atoms with E-state index < -0.39 is 6.92 Å². The minimum absolute atomic E-state index is 0.543. The van der Waals surface area contributed by atoms with Crippen LogP contribution in [0, 0.1) is 6.92 Å². The molecule has 0 amide bonds. The van der Waals surface area contributed by atoms with Gasteiger partial charge in [-0.05, 0) is 40.6 Å². The van der Waals surface area contributed by atoms with E-state index in [1.807, 2.05) is 79.7 Å². The van der Waals surface area contributed by atoms with Crippen molar-refractivity contribution >= 4 is 29.4 Å². The van der Waals surface area contributed by atoms with Crippen LogP contribution in [-0.4, -0.2) is 11.9 Å². The normalized spacial score (nSPS) is 10.7. The molecule has 0 saturated heterocycles. The van der Waals surface area contributed by atoms with E-state index in [1.54, 1.807) is 0 Å². The summed E-state index contributed by atoms with van der Waals surface area (Å²) in [4.78, 5) is 0. The van der Waals surface area contributed by atoms with E-state index in [0.29, 0.717) is 18.2 Å². The number of halogens is 1. The molecule has 25 heavy (non-hydrogen) atoms. The van der Waals surface area contributed by atoms with Crippen molar-refractivity contribution < 1.29 is 9.76 Å². The third kappa shape index (κ3) is 4.73. The van der Waals surface area contributed by atoms with Crippen LogP contribution < -0.4 is 10.9 Å². The average Bonchev–Trinajstić information content (AvgIpc) is 2.65. The Morgan fingerprint density at radius 2 is 1.44 bits per heavy atom. The van der Waals surface area contributed by atoms with Crippen LogP contribution >= 0.6 is 11.6 Å². The van der Waals surface area contributed by atoms with Gasteiger partial charge in [-0.1, -0.05) is 78.3 Å². The third-order valence-electron chi connectivity index (χ3n) is 4.19. The molecule has 0 fully saturated rings. The SMILES string of the molecule is Cc1ccc(B(O)c2ccc(COCc3ccccc3)cc2)cc1Cl. The maximum absolute atomic E-state index is 10.5. The molecule has 0 aliphatic carbocycles. The summed E-state index contributed by atoms with van der Waals surface area (Å²) in [6, 6.07) is 23.6. The zero-order valence-electron chi connectivity index (χ0n) is 14.2. The van der Waals surface area contributed by atoms with Crippen LogP contribution in [0.2, 0.25) is 5.02 Å². The molecule has 0 unspecified atom stereocenters. The van der Waals surface area contributed by atoms with Gasteiger partial charge in [0.1, 0.15) is 0 Å². The van der Waals surface area contributed by atoms with Crippen molar-refractivity contribution in [1.82, 2.24) is 0 Å². The van der Waals surface area contributed by atoms with Gasteiger partial charge in [-0.3, -0.25) is 0 Å². The van der Waals surface area contributed by atoms with E-state index in [2.05, 4.69) is 0 Å². The lowest BCUT2D eigenvalue weighted by Crippen LogP contribution is -2.42. The molecule has 0 bridgehead atoms. The highest BCUT2D eigenvalue weighted by atomic mass is 35.5. The summed E-state index contributed by atoms with van der Waals surface area (Å²) in [6.45, 7) is 2.40. The van der Waals surface area contributed by atoms with E-state index in [-0.39, 0.29) is 0 Å². The van der Waals surface area contributed by atoms with Gasteiger partial charge in [0, 0.05) is 5.02 Å². The van der Waals surface area contributed by atoms with Crippen molar-refractivity contribution in [2.45, 2.75) is 20.1 Å². The molecule has 0 aromatic heterocycles. The highest BCUT2D eigenvalue weighted by Gasteiger charge is 2.17. The van der Waals surface area contributed by atoms with Crippen LogP contribution in [0.3, 0.4) is 0 Å². The minimum atomic E-state index is -0.683. The summed E-state index contributed by atoms with van der Waals surface area (Å²) >= 11 is 6.15. The molecule has 1 N–H and O–H groups in total. The summed E-state index contributed by atoms with van der Waals surface area (Å²) in [5, 5.41) is 11.2. The Morgan fingerprint density at radius 3 is 2.08 bits per heavy atom. The van der Waals surface area contributed by atoms with Gasteiger partial charge in [0.25, 0.3) is 0 Å². The van der Waals surface area contributed by atoms with Crippen LogP contribution in [-0.2, 0) is 18.0 Å². The molecule has 2 nitrogen and oxygen atoms in total. The van der Waals surface area contributed by atoms with E-state index >= 15 is 0 Å². The predicted octanol–water partition coefficient (Wildman–Crippen LogP) is 3.46. The van der Waals surface area contributed by atoms with Crippen molar-refractivity contribution in [3.8, 4) is 0 Å². The van der Waals surface area contributed by atoms with Gasteiger partial charge in [-0.15, -0.1) is 0 Å². The Labute approximate surface area is 154 Å². The van der Waals surface area contributed by atoms with Crippen molar-refractivity contribution in [2.24, 2.45) is 0 Å². The van der Waals surface area contributed by atoms with E-state index in [4.69, 9.17) is 16.3 Å². The first kappa shape index (κ1) is 17.7. The molecule has 3 aromatic carbocycles. The molecule has 0 radical (unpaired) electrons. The fraction of sp³-hybridized carbons (Fsp3) is 0.143. The number of aryl methyl sites for hydroxylation is 1. The third-order valence-corrected chi connectivity index (χ3v) is 4.59. The molecule has 0 spiro atoms. The lowest BCUT2D eigenvalue weighted by molar-refractivity contribution is 0.107. The Kier molecular flexibility index (Phi) is 5.93. The molecule has 3 rings (SSSR count). The van der Waals surface area contributed by atoms with Gasteiger partial charge >= 0.3 is 6.92 Å². The maximum atomic E-state index is 10.5. The van der Waals surface area contributed by atoms with E-state index in [9.17, 15) is 5.02 Å². The van der Waals surface area contributed by atoms with Crippen LogP contribution in [0.4, 0.5) is 0 Å². The lowest BCUT2D eigenvalue weighted by atomic mass is 9.56. The number of hydrogen-bond acceptors (Lipinski definition) is 2. The van der Waals surface area contributed by atoms with Crippen LogP contribution in [0.1, 0.15) is 16.7 Å². The zero-order valence-corrected chi connectivity index (χ0v) is 14.9. The molecule has 4 heteroatoms. The molecule has 126 valence electrons. The number of ether oxygens (including phenoxy) is 1. The molecule has 3 aromatic rings. The number of benzene rings is 3. The Hall–Kier alpha value is -2.07. The summed E-state index contributed by atoms with van der Waals surface area (Å²) < 4.78 is 5.74. The van der Waals surface area contributed by atoms with Crippen molar-refractivity contribution in [2.75, 3.05) is 0 Å². The van der Waals surface area contributed by atoms with Gasteiger partial charge in [-0.25, -0.2) is 0 Å². The topological polar surface area (TPSA) is 29.5 Å². The summed E-state index contributed by atoms with van der Waals surface area (Å²) in [5.74, 6) is 0. The lowest BCUT2D eigenvalue weighted by Gasteiger charge is -2.10. The van der Waals surface area contributed by atoms with Crippen molar-refractivity contribution in [3.05, 3.63) is 94.5 Å². The highest BCUT2D eigenvalue weighted by Crippen LogP contribution is 2.12. The first-order valence-corrected chi connectivity index (χ1v) is 8.66. The molecular weight excluding hydrogens is 330 g/mol. The molecule has 0 aliphatic rings. The second-order valence-corrected chi connectivity index (χ2v) is 6.54. The van der Waals surface area contributed by atoms with Gasteiger partial charge in [0.05, 0.1) is 13.2 Å². The molecule has 0 aliphatic heterocycles. The zero-order chi connectivity index (χ0) is 17.6. The quantitative estimate of drug-likeness (QED) is 0.690. The molecule has 0 atom stereocenters. The highest BCUT2D eigenvalue weighted by molar-refractivity contribution is 6.79. The monoisotopic (exact) mass is 350 g/mol. The second kappa shape index (κ2) is 8.35. The van der Waals surface area contributed by atoms with Gasteiger partial charge in [0.2, 0.25) is 0 Å². The van der Waals surface area contributed by atoms with E-state index in [0.717, 1.165) is 27.6 Å². The summed E-state index contributed by atoms with van der Waals surface area (Å²) in [7, 11) is 0. The van der Waals surface area contributed by atoms with Gasteiger partial charge in [0.15, 0.2) is 0 Å². The molecular formula is C21H20BClO2. The first-order valence-electron chi connectivity index (χ1n) is 8.28. The standard InChI is InChI=1S/C21H20BClO2/c1-16-7-10-20(13-21(16)23)22(24)19-11-8-18(9-12-19)15-25-14-17-5-3-2-4-6-17/h2-13,24H,14-15H2,1H3. The number of hydrogen-bond donors (Lipinski definition) is 1. The van der Waals surface area contributed by atoms with E-state index in [1.165, 1.54) is 0 Å². The predicted molar refractivity (Wildman–Crippen MR) is 105 cm³/mol. The number of rotatable bonds is 6. The Balaban J connectivity index is 1.60. The molecule has 0 saturated carbocycles. The van der Waals surface area contributed by atoms with Gasteiger partial charge in [-0.2, -0.15) is 0 Å². The first-order chi connectivity index (χ1) is 12.1. The fourth-order valence-electron chi connectivity index (χ4n) is 2.63. The molecule has 0 heterocycles. The largest absolute Gasteiger partial charge is 0.443 e. The van der Waals surface area contributed by atoms with Crippen molar-refractivity contribution in [1.29, 1.82) is 0 Å². The average molecular weight is 351 g/mol. The Morgan fingerprint density at radius 1 is 0.840 bits per heavy atom. The van der Waals surface area contributed by atoms with Crippen LogP contribution in [0.15, 0.2) is 72.8 Å². The van der Waals surface area contributed by atoms with Crippen molar-refractivity contribution in [3.63, 3.8) is 0 Å². The van der Waals surface area contributed by atoms with Crippen LogP contribution in [0.5, 0.6) is 0 Å². The van der Waals surface area contributed by atoms with Crippen LogP contribution in [0.25, 0.3) is 0 Å². The van der Waals surface area contributed by atoms with Gasteiger partial charge < -0.3 is 9.76 Å². The Bertz CT molecular complexity index is 819. The fourth-order valence-corrected chi connectivity index (χ4v) is 2.82.